The minimum atomic E-state index is 0.240. The Morgan fingerprint density at radius 1 is 1.10 bits per heavy atom. The highest BCUT2D eigenvalue weighted by Crippen LogP contribution is 2.39. The van der Waals surface area contributed by atoms with Gasteiger partial charge in [-0.25, -0.2) is 4.68 Å². The quantitative estimate of drug-likeness (QED) is 0.504. The second-order valence-corrected chi connectivity index (χ2v) is 7.80. The van der Waals surface area contributed by atoms with Crippen LogP contribution in [0.25, 0.3) is 11.4 Å². The van der Waals surface area contributed by atoms with E-state index in [1.807, 2.05) is 35.0 Å². The van der Waals surface area contributed by atoms with Crippen molar-refractivity contribution in [2.75, 3.05) is 20.8 Å². The number of rotatable bonds is 7. The average Bonchev–Trinajstić information content (AvgIpc) is 3.38. The molecule has 158 valence electrons. The molecule has 2 aromatic carbocycles. The van der Waals surface area contributed by atoms with E-state index in [-0.39, 0.29) is 6.04 Å². The van der Waals surface area contributed by atoms with Crippen LogP contribution in [0.15, 0.2) is 48.5 Å². The predicted molar refractivity (Wildman–Crippen MR) is 120 cm³/mol. The summed E-state index contributed by atoms with van der Waals surface area (Å²) >= 11 is 5.78. The molecule has 6 nitrogen and oxygen atoms in total. The lowest BCUT2D eigenvalue weighted by atomic mass is 10.0. The number of likely N-dealkylation sites (tertiary alicyclic amines) is 1. The van der Waals surface area contributed by atoms with Crippen LogP contribution in [0.5, 0.6) is 11.5 Å². The lowest BCUT2D eigenvalue weighted by Crippen LogP contribution is -2.27. The molecule has 0 bridgehead atoms. The molecule has 4 rings (SSSR count). The Hall–Kier alpha value is -2.64. The van der Waals surface area contributed by atoms with E-state index in [9.17, 15) is 0 Å². The lowest BCUT2D eigenvalue weighted by molar-refractivity contribution is 0.186. The fourth-order valence-corrected chi connectivity index (χ4v) is 4.55. The van der Waals surface area contributed by atoms with Crippen LogP contribution in [0.2, 0.25) is 0 Å². The van der Waals surface area contributed by atoms with Crippen LogP contribution in [0.1, 0.15) is 31.4 Å². The highest BCUT2D eigenvalue weighted by molar-refractivity contribution is 7.71. The summed E-state index contributed by atoms with van der Waals surface area (Å²) in [5.74, 6) is 2.65. The molecular formula is C23H28N4O2S. The van der Waals surface area contributed by atoms with Crippen LogP contribution in [0, 0.1) is 4.77 Å². The van der Waals surface area contributed by atoms with Gasteiger partial charge in [-0.1, -0.05) is 30.3 Å². The second-order valence-electron chi connectivity index (χ2n) is 7.44. The number of methoxy groups -OCH3 is 2. The van der Waals surface area contributed by atoms with Crippen LogP contribution in [-0.2, 0) is 13.2 Å². The summed E-state index contributed by atoms with van der Waals surface area (Å²) in [5.41, 5.74) is 2.23. The fraction of sp³-hybridized carbons (Fsp3) is 0.391. The molecule has 0 N–H and O–H groups in total. The molecule has 3 aromatic rings. The summed E-state index contributed by atoms with van der Waals surface area (Å²) in [4.78, 5) is 2.43. The molecule has 0 spiro atoms. The van der Waals surface area contributed by atoms with E-state index in [0.29, 0.717) is 6.67 Å². The van der Waals surface area contributed by atoms with E-state index in [2.05, 4.69) is 34.6 Å². The van der Waals surface area contributed by atoms with E-state index >= 15 is 0 Å². The van der Waals surface area contributed by atoms with E-state index in [0.717, 1.165) is 59.2 Å². The first kappa shape index (κ1) is 20.6. The zero-order chi connectivity index (χ0) is 21.1. The number of aromatic nitrogens is 3. The Balaban J connectivity index is 1.66. The topological polar surface area (TPSA) is 44.5 Å². The van der Waals surface area contributed by atoms with Crippen molar-refractivity contribution < 1.29 is 9.47 Å². The number of ether oxygens (including phenoxy) is 2. The summed E-state index contributed by atoms with van der Waals surface area (Å²) in [7, 11) is 3.41. The van der Waals surface area contributed by atoms with Gasteiger partial charge < -0.3 is 14.0 Å². The Labute approximate surface area is 182 Å². The van der Waals surface area contributed by atoms with Crippen molar-refractivity contribution in [3.63, 3.8) is 0 Å². The molecule has 0 saturated carbocycles. The molecule has 0 amide bonds. The highest BCUT2D eigenvalue weighted by Gasteiger charge is 2.29. The number of nitrogens with zero attached hydrogens (tertiary/aromatic N) is 4. The van der Waals surface area contributed by atoms with Gasteiger partial charge in [0.15, 0.2) is 10.6 Å². The van der Waals surface area contributed by atoms with E-state index in [1.54, 1.807) is 14.2 Å². The Morgan fingerprint density at radius 3 is 2.60 bits per heavy atom. The number of hydrogen-bond acceptors (Lipinski definition) is 5. The second kappa shape index (κ2) is 9.02. The Kier molecular flexibility index (Phi) is 6.20. The smallest absolute Gasteiger partial charge is 0.199 e. The molecule has 1 aromatic heterocycles. The van der Waals surface area contributed by atoms with Crippen molar-refractivity contribution >= 4 is 12.2 Å². The third-order valence-corrected chi connectivity index (χ3v) is 6.18. The summed E-state index contributed by atoms with van der Waals surface area (Å²) in [6.07, 6.45) is 2.19. The van der Waals surface area contributed by atoms with Gasteiger partial charge in [-0.05, 0) is 50.2 Å². The van der Waals surface area contributed by atoms with Gasteiger partial charge >= 0.3 is 0 Å². The normalized spacial score (nSPS) is 16.7. The summed E-state index contributed by atoms with van der Waals surface area (Å²) in [6.45, 7) is 4.54. The number of benzene rings is 2. The first-order valence-electron chi connectivity index (χ1n) is 10.3. The summed E-state index contributed by atoms with van der Waals surface area (Å²) < 4.78 is 15.9. The molecule has 0 unspecified atom stereocenters. The molecule has 1 saturated heterocycles. The van der Waals surface area contributed by atoms with Crippen LogP contribution in [0.3, 0.4) is 0 Å². The maximum Gasteiger partial charge on any atom is 0.199 e. The standard InChI is InChI=1S/C23H28N4O2S/c1-4-26-22(17-9-6-5-7-10-17)24-27(23(26)30)16-25-14-8-11-20(25)19-15-18(28-2)12-13-21(19)29-3/h5-7,9-10,12-13,15,20H,4,8,11,14,16H2,1-3H3/t20-/m1/s1. The Bertz CT molecular complexity index is 1060. The maximum absolute atomic E-state index is 5.78. The third-order valence-electron chi connectivity index (χ3n) is 5.75. The van der Waals surface area contributed by atoms with E-state index in [1.165, 1.54) is 0 Å². The first-order valence-corrected chi connectivity index (χ1v) is 10.8. The van der Waals surface area contributed by atoms with Crippen molar-refractivity contribution in [2.24, 2.45) is 0 Å². The van der Waals surface area contributed by atoms with Crippen molar-refractivity contribution in [2.45, 2.75) is 39.0 Å². The molecule has 2 heterocycles. The predicted octanol–water partition coefficient (Wildman–Crippen LogP) is 4.91. The third kappa shape index (κ3) is 3.87. The van der Waals surface area contributed by atoms with Crippen LogP contribution in [0.4, 0.5) is 0 Å². The molecule has 0 radical (unpaired) electrons. The van der Waals surface area contributed by atoms with Crippen molar-refractivity contribution in [1.82, 2.24) is 19.2 Å². The van der Waals surface area contributed by atoms with Gasteiger partial charge in [-0.2, -0.15) is 5.10 Å². The molecular weight excluding hydrogens is 396 g/mol. The lowest BCUT2D eigenvalue weighted by Gasteiger charge is -2.26. The largest absolute Gasteiger partial charge is 0.497 e. The minimum Gasteiger partial charge on any atom is -0.497 e. The van der Waals surface area contributed by atoms with Gasteiger partial charge in [-0.3, -0.25) is 4.90 Å². The van der Waals surface area contributed by atoms with Crippen LogP contribution >= 0.6 is 12.2 Å². The number of hydrogen-bond donors (Lipinski definition) is 0. The van der Waals surface area contributed by atoms with Gasteiger partial charge in [0, 0.05) is 30.3 Å². The molecule has 1 aliphatic rings. The fourth-order valence-electron chi connectivity index (χ4n) is 4.24. The monoisotopic (exact) mass is 424 g/mol. The average molecular weight is 425 g/mol. The van der Waals surface area contributed by atoms with Crippen molar-refractivity contribution in [3.05, 3.63) is 58.9 Å². The zero-order valence-electron chi connectivity index (χ0n) is 17.7. The van der Waals surface area contributed by atoms with Crippen LogP contribution in [-0.4, -0.2) is 40.0 Å². The van der Waals surface area contributed by atoms with E-state index in [4.69, 9.17) is 26.8 Å². The SMILES string of the molecule is CCn1c(-c2ccccc2)nn(CN2CCC[C@@H]2c2cc(OC)ccc2OC)c1=S. The first-order chi connectivity index (χ1) is 14.7. The molecule has 1 atom stereocenters. The Morgan fingerprint density at radius 2 is 1.90 bits per heavy atom. The summed E-state index contributed by atoms with van der Waals surface area (Å²) in [5, 5.41) is 4.90. The molecule has 7 heteroatoms. The van der Waals surface area contributed by atoms with Gasteiger partial charge in [0.2, 0.25) is 0 Å². The summed E-state index contributed by atoms with van der Waals surface area (Å²) in [6, 6.07) is 16.5. The van der Waals surface area contributed by atoms with Crippen LogP contribution < -0.4 is 9.47 Å². The maximum atomic E-state index is 5.78. The van der Waals surface area contributed by atoms with Gasteiger partial charge in [-0.15, -0.1) is 0 Å². The van der Waals surface area contributed by atoms with Crippen molar-refractivity contribution in [3.8, 4) is 22.9 Å². The van der Waals surface area contributed by atoms with Gasteiger partial charge in [0.05, 0.1) is 20.9 Å². The van der Waals surface area contributed by atoms with E-state index < -0.39 is 0 Å². The molecule has 30 heavy (non-hydrogen) atoms. The minimum absolute atomic E-state index is 0.240. The van der Waals surface area contributed by atoms with Gasteiger partial charge in [0.1, 0.15) is 11.5 Å². The molecule has 0 aliphatic carbocycles. The molecule has 1 fully saturated rings. The molecule has 1 aliphatic heterocycles. The van der Waals surface area contributed by atoms with Gasteiger partial charge in [0.25, 0.3) is 0 Å². The highest BCUT2D eigenvalue weighted by atomic mass is 32.1. The zero-order valence-corrected chi connectivity index (χ0v) is 18.6. The van der Waals surface area contributed by atoms with Crippen molar-refractivity contribution in [1.29, 1.82) is 0 Å².